The fraction of sp³-hybridized carbons (Fsp3) is 0.304. The van der Waals surface area contributed by atoms with Crippen molar-refractivity contribution in [2.45, 2.75) is 18.7 Å². The Morgan fingerprint density at radius 2 is 1.94 bits per heavy atom. The Kier molecular flexibility index (Phi) is 5.49. The number of thiocarbonyl (C=S) groups is 1. The van der Waals surface area contributed by atoms with E-state index in [1.807, 2.05) is 49.4 Å². The standard InChI is InChI=1S/C23H24N2O5S/c1-5-13-29-21(26)18-19-14-9-8-12-17(28-4)20(14)30-23(18,2)25(22(31)24-19)15-10-6-7-11-16(15)27-3/h5-12,18-19H,1,13H2,2-4H3,(H,24,31)/t18-,19-,23-/m0/s1. The minimum absolute atomic E-state index is 0.0994. The van der Waals surface area contributed by atoms with Crippen LogP contribution in [0.4, 0.5) is 5.69 Å². The molecule has 2 aromatic rings. The summed E-state index contributed by atoms with van der Waals surface area (Å²) in [6.07, 6.45) is 1.53. The van der Waals surface area contributed by atoms with Gasteiger partial charge >= 0.3 is 5.97 Å². The van der Waals surface area contributed by atoms with Crippen molar-refractivity contribution in [2.75, 3.05) is 25.7 Å². The second kappa shape index (κ2) is 8.11. The number of nitrogens with one attached hydrogen (secondary N) is 1. The number of anilines is 1. The van der Waals surface area contributed by atoms with Crippen molar-refractivity contribution < 1.29 is 23.7 Å². The van der Waals surface area contributed by atoms with Crippen molar-refractivity contribution in [1.82, 2.24) is 5.32 Å². The van der Waals surface area contributed by atoms with E-state index in [0.29, 0.717) is 28.0 Å². The summed E-state index contributed by atoms with van der Waals surface area (Å²) < 4.78 is 23.1. The number of hydrogen-bond acceptors (Lipinski definition) is 6. The molecular weight excluding hydrogens is 416 g/mol. The quantitative estimate of drug-likeness (QED) is 0.415. The highest BCUT2D eigenvalue weighted by Crippen LogP contribution is 2.53. The SMILES string of the molecule is C=CCOC(=O)[C@@H]1[C@H]2NC(=S)N(c3ccccc3OC)[C@@]1(C)Oc1c(OC)cccc12. The van der Waals surface area contributed by atoms with E-state index in [-0.39, 0.29) is 6.61 Å². The van der Waals surface area contributed by atoms with Crippen LogP contribution in [-0.4, -0.2) is 37.6 Å². The summed E-state index contributed by atoms with van der Waals surface area (Å²) in [7, 11) is 3.16. The van der Waals surface area contributed by atoms with Gasteiger partial charge in [-0.2, -0.15) is 0 Å². The number of rotatable bonds is 6. The number of benzene rings is 2. The van der Waals surface area contributed by atoms with Crippen LogP contribution in [0.3, 0.4) is 0 Å². The number of hydrogen-bond donors (Lipinski definition) is 1. The molecule has 1 fully saturated rings. The van der Waals surface area contributed by atoms with Gasteiger partial charge in [0.25, 0.3) is 0 Å². The Balaban J connectivity index is 1.92. The first-order valence-corrected chi connectivity index (χ1v) is 10.2. The first kappa shape index (κ1) is 21.0. The number of methoxy groups -OCH3 is 2. The van der Waals surface area contributed by atoms with Crippen LogP contribution in [0.25, 0.3) is 0 Å². The van der Waals surface area contributed by atoms with Crippen molar-refractivity contribution in [2.24, 2.45) is 5.92 Å². The van der Waals surface area contributed by atoms with Gasteiger partial charge in [0.15, 0.2) is 16.6 Å². The van der Waals surface area contributed by atoms with Crippen LogP contribution < -0.4 is 24.4 Å². The molecule has 2 bridgehead atoms. The predicted molar refractivity (Wildman–Crippen MR) is 121 cm³/mol. The molecule has 0 unspecified atom stereocenters. The summed E-state index contributed by atoms with van der Waals surface area (Å²) in [5, 5.41) is 3.74. The lowest BCUT2D eigenvalue weighted by Crippen LogP contribution is -2.71. The Hall–Kier alpha value is -3.26. The monoisotopic (exact) mass is 440 g/mol. The number of carbonyl (C=O) groups is 1. The third-order valence-electron chi connectivity index (χ3n) is 5.63. The molecule has 8 heteroatoms. The normalized spacial score (nSPS) is 23.7. The molecule has 0 aliphatic carbocycles. The maximum Gasteiger partial charge on any atom is 0.317 e. The predicted octanol–water partition coefficient (Wildman–Crippen LogP) is 3.59. The van der Waals surface area contributed by atoms with Crippen LogP contribution in [0.2, 0.25) is 0 Å². The highest BCUT2D eigenvalue weighted by atomic mass is 32.1. The van der Waals surface area contributed by atoms with Crippen LogP contribution in [0.15, 0.2) is 55.1 Å². The summed E-state index contributed by atoms with van der Waals surface area (Å²) in [6.45, 7) is 5.56. The molecule has 2 heterocycles. The Labute approximate surface area is 186 Å². The molecule has 3 atom stereocenters. The summed E-state index contributed by atoms with van der Waals surface area (Å²) in [5.41, 5.74) is 0.240. The third-order valence-corrected chi connectivity index (χ3v) is 5.93. The molecule has 0 aromatic heterocycles. The van der Waals surface area contributed by atoms with E-state index in [1.165, 1.54) is 6.08 Å². The van der Waals surface area contributed by atoms with E-state index in [1.54, 1.807) is 19.1 Å². The maximum absolute atomic E-state index is 13.3. The Bertz CT molecular complexity index is 1040. The Morgan fingerprint density at radius 1 is 1.23 bits per heavy atom. The van der Waals surface area contributed by atoms with E-state index in [9.17, 15) is 4.79 Å². The van der Waals surface area contributed by atoms with Crippen LogP contribution in [-0.2, 0) is 9.53 Å². The number of ether oxygens (including phenoxy) is 4. The Morgan fingerprint density at radius 3 is 2.65 bits per heavy atom. The molecule has 7 nitrogen and oxygen atoms in total. The van der Waals surface area contributed by atoms with Gasteiger partial charge in [-0.15, -0.1) is 0 Å². The van der Waals surface area contributed by atoms with Crippen molar-refractivity contribution >= 4 is 29.0 Å². The van der Waals surface area contributed by atoms with Crippen LogP contribution in [0.1, 0.15) is 18.5 Å². The highest BCUT2D eigenvalue weighted by molar-refractivity contribution is 7.80. The van der Waals surface area contributed by atoms with E-state index in [4.69, 9.17) is 31.2 Å². The van der Waals surface area contributed by atoms with Crippen molar-refractivity contribution in [1.29, 1.82) is 0 Å². The molecular formula is C23H24N2O5S. The second-order valence-corrected chi connectivity index (χ2v) is 7.75. The van der Waals surface area contributed by atoms with Gasteiger partial charge in [0.05, 0.1) is 25.9 Å². The topological polar surface area (TPSA) is 69.3 Å². The zero-order chi connectivity index (χ0) is 22.2. The maximum atomic E-state index is 13.3. The minimum Gasteiger partial charge on any atom is -0.495 e. The number of fused-ring (bicyclic) bond motifs is 4. The minimum atomic E-state index is -1.21. The molecule has 2 aliphatic heterocycles. The highest BCUT2D eigenvalue weighted by Gasteiger charge is 2.60. The molecule has 0 amide bonds. The fourth-order valence-corrected chi connectivity index (χ4v) is 4.71. The molecule has 1 saturated heterocycles. The van der Waals surface area contributed by atoms with Gasteiger partial charge in [-0.3, -0.25) is 9.69 Å². The molecule has 1 N–H and O–H groups in total. The number of para-hydroxylation sites is 3. The molecule has 0 radical (unpaired) electrons. The summed E-state index contributed by atoms with van der Waals surface area (Å²) >= 11 is 5.74. The van der Waals surface area contributed by atoms with Gasteiger partial charge in [0.2, 0.25) is 5.72 Å². The lowest BCUT2D eigenvalue weighted by Gasteiger charge is -2.55. The van der Waals surface area contributed by atoms with Gasteiger partial charge in [-0.05, 0) is 37.3 Å². The average Bonchev–Trinajstić information content (AvgIpc) is 2.76. The van der Waals surface area contributed by atoms with E-state index < -0.39 is 23.7 Å². The summed E-state index contributed by atoms with van der Waals surface area (Å²) in [5.74, 6) is 0.569. The molecule has 31 heavy (non-hydrogen) atoms. The van der Waals surface area contributed by atoms with Crippen LogP contribution >= 0.6 is 12.2 Å². The smallest absolute Gasteiger partial charge is 0.317 e. The van der Waals surface area contributed by atoms with Crippen LogP contribution in [0, 0.1) is 5.92 Å². The van der Waals surface area contributed by atoms with E-state index in [2.05, 4.69) is 11.9 Å². The molecule has 2 aliphatic rings. The van der Waals surface area contributed by atoms with Crippen LogP contribution in [0.5, 0.6) is 17.2 Å². The zero-order valence-electron chi connectivity index (χ0n) is 17.6. The molecule has 162 valence electrons. The first-order chi connectivity index (χ1) is 15.0. The largest absolute Gasteiger partial charge is 0.495 e. The summed E-state index contributed by atoms with van der Waals surface area (Å²) in [6, 6.07) is 12.5. The van der Waals surface area contributed by atoms with E-state index in [0.717, 1.165) is 5.56 Å². The van der Waals surface area contributed by atoms with Gasteiger partial charge < -0.3 is 24.3 Å². The van der Waals surface area contributed by atoms with Gasteiger partial charge in [0, 0.05) is 5.56 Å². The van der Waals surface area contributed by atoms with Crippen molar-refractivity contribution in [3.05, 3.63) is 60.7 Å². The number of carbonyl (C=O) groups excluding carboxylic acids is 1. The average molecular weight is 441 g/mol. The van der Waals surface area contributed by atoms with Crippen molar-refractivity contribution in [3.8, 4) is 17.2 Å². The fourth-order valence-electron chi connectivity index (χ4n) is 4.30. The van der Waals surface area contributed by atoms with Crippen molar-refractivity contribution in [3.63, 3.8) is 0 Å². The second-order valence-electron chi connectivity index (χ2n) is 7.37. The first-order valence-electron chi connectivity index (χ1n) is 9.83. The molecule has 4 rings (SSSR count). The van der Waals surface area contributed by atoms with Gasteiger partial charge in [-0.25, -0.2) is 0 Å². The van der Waals surface area contributed by atoms with Gasteiger partial charge in [0.1, 0.15) is 18.3 Å². The molecule has 0 spiro atoms. The number of esters is 1. The lowest BCUT2D eigenvalue weighted by atomic mass is 9.79. The third kappa shape index (κ3) is 3.27. The summed E-state index contributed by atoms with van der Waals surface area (Å²) in [4.78, 5) is 15.0. The number of nitrogens with zero attached hydrogens (tertiary/aromatic N) is 1. The van der Waals surface area contributed by atoms with E-state index >= 15 is 0 Å². The molecule has 0 saturated carbocycles. The zero-order valence-corrected chi connectivity index (χ0v) is 18.4. The van der Waals surface area contributed by atoms with Gasteiger partial charge in [-0.1, -0.05) is 36.9 Å². The molecule has 2 aromatic carbocycles. The lowest BCUT2D eigenvalue weighted by molar-refractivity contribution is -0.159.